The molecule has 0 radical (unpaired) electrons. The van der Waals surface area contributed by atoms with Crippen LogP contribution in [0.3, 0.4) is 0 Å². The molecule has 1 fully saturated rings. The topological polar surface area (TPSA) is 77.8 Å². The minimum atomic E-state index is -0.848. The number of halogens is 1. The largest absolute Gasteiger partial charge is 0.508 e. The maximum Gasteiger partial charge on any atom is 0.303 e. The predicted octanol–water partition coefficient (Wildman–Crippen LogP) is 2.37. The number of piperidine rings is 1. The zero-order valence-electron chi connectivity index (χ0n) is 10.9. The summed E-state index contributed by atoms with van der Waals surface area (Å²) in [5, 5.41) is 18.6. The van der Waals surface area contributed by atoms with Gasteiger partial charge in [-0.2, -0.15) is 0 Å². The Morgan fingerprint density at radius 3 is 2.85 bits per heavy atom. The lowest BCUT2D eigenvalue weighted by atomic mass is 9.94. The molecule has 1 aliphatic rings. The molecule has 1 saturated heterocycles. The van der Waals surface area contributed by atoms with E-state index in [0.29, 0.717) is 13.1 Å². The fourth-order valence-electron chi connectivity index (χ4n) is 2.51. The highest BCUT2D eigenvalue weighted by Crippen LogP contribution is 2.26. The van der Waals surface area contributed by atoms with E-state index in [-0.39, 0.29) is 34.6 Å². The maximum atomic E-state index is 12.4. The lowest BCUT2D eigenvalue weighted by molar-refractivity contribution is -0.138. The highest BCUT2D eigenvalue weighted by molar-refractivity contribution is 6.33. The van der Waals surface area contributed by atoms with Gasteiger partial charge in [0.05, 0.1) is 10.6 Å². The second-order valence-corrected chi connectivity index (χ2v) is 5.43. The summed E-state index contributed by atoms with van der Waals surface area (Å²) in [5.74, 6) is -1.15. The number of nitrogens with zero attached hydrogens (tertiary/aromatic N) is 1. The lowest BCUT2D eigenvalue weighted by Crippen LogP contribution is -2.40. The zero-order valence-corrected chi connectivity index (χ0v) is 11.6. The molecule has 1 aromatic carbocycles. The molecule has 1 unspecified atom stereocenters. The van der Waals surface area contributed by atoms with Gasteiger partial charge in [0.1, 0.15) is 5.75 Å². The number of carbonyl (C=O) groups excluding carboxylic acids is 1. The van der Waals surface area contributed by atoms with Crippen molar-refractivity contribution in [3.63, 3.8) is 0 Å². The molecule has 2 rings (SSSR count). The van der Waals surface area contributed by atoms with Crippen molar-refractivity contribution >= 4 is 23.5 Å². The Morgan fingerprint density at radius 1 is 1.40 bits per heavy atom. The Hall–Kier alpha value is -1.75. The number of likely N-dealkylation sites (tertiary alicyclic amines) is 1. The zero-order chi connectivity index (χ0) is 14.7. The number of phenolic OH excluding ortho intramolecular Hbond substituents is 1. The molecule has 0 aromatic heterocycles. The third-order valence-electron chi connectivity index (χ3n) is 3.45. The molecular formula is C14H16ClNO4. The van der Waals surface area contributed by atoms with Crippen molar-refractivity contribution in [3.05, 3.63) is 28.8 Å². The van der Waals surface area contributed by atoms with E-state index in [4.69, 9.17) is 16.7 Å². The SMILES string of the molecule is O=C(O)CC1CCCN(C(=O)c2cc(O)ccc2Cl)C1. The van der Waals surface area contributed by atoms with E-state index in [9.17, 15) is 14.7 Å². The Labute approximate surface area is 121 Å². The fraction of sp³-hybridized carbons (Fsp3) is 0.429. The van der Waals surface area contributed by atoms with Gasteiger partial charge in [0, 0.05) is 19.5 Å². The first-order valence-electron chi connectivity index (χ1n) is 6.47. The molecule has 2 N–H and O–H groups in total. The number of aromatic hydroxyl groups is 1. The first-order valence-corrected chi connectivity index (χ1v) is 6.84. The summed E-state index contributed by atoms with van der Waals surface area (Å²) in [6, 6.07) is 4.23. The number of phenols is 1. The quantitative estimate of drug-likeness (QED) is 0.898. The van der Waals surface area contributed by atoms with Gasteiger partial charge in [-0.25, -0.2) is 0 Å². The van der Waals surface area contributed by atoms with Crippen LogP contribution in [0.15, 0.2) is 18.2 Å². The molecular weight excluding hydrogens is 282 g/mol. The van der Waals surface area contributed by atoms with Gasteiger partial charge in [-0.15, -0.1) is 0 Å². The van der Waals surface area contributed by atoms with Crippen LogP contribution in [0.2, 0.25) is 5.02 Å². The molecule has 6 heteroatoms. The van der Waals surface area contributed by atoms with Crippen LogP contribution in [0.25, 0.3) is 0 Å². The van der Waals surface area contributed by atoms with Gasteiger partial charge in [0.2, 0.25) is 0 Å². The number of rotatable bonds is 3. The van der Waals surface area contributed by atoms with Gasteiger partial charge in [0.15, 0.2) is 0 Å². The summed E-state index contributed by atoms with van der Waals surface area (Å²) in [7, 11) is 0. The van der Waals surface area contributed by atoms with Gasteiger partial charge < -0.3 is 15.1 Å². The predicted molar refractivity (Wildman–Crippen MR) is 74.0 cm³/mol. The Morgan fingerprint density at radius 2 is 2.15 bits per heavy atom. The Bertz CT molecular complexity index is 532. The van der Waals surface area contributed by atoms with E-state index in [1.54, 1.807) is 4.90 Å². The first-order chi connectivity index (χ1) is 9.47. The Kier molecular flexibility index (Phi) is 4.49. The number of carbonyl (C=O) groups is 2. The number of carboxylic acids is 1. The number of hydrogen-bond donors (Lipinski definition) is 2. The fourth-order valence-corrected chi connectivity index (χ4v) is 2.71. The molecule has 0 bridgehead atoms. The van der Waals surface area contributed by atoms with Crippen LogP contribution in [0, 0.1) is 5.92 Å². The minimum Gasteiger partial charge on any atom is -0.508 e. The van der Waals surface area contributed by atoms with Crippen molar-refractivity contribution in [1.29, 1.82) is 0 Å². The normalized spacial score (nSPS) is 18.9. The summed E-state index contributed by atoms with van der Waals surface area (Å²) in [6.07, 6.45) is 1.65. The smallest absolute Gasteiger partial charge is 0.303 e. The van der Waals surface area contributed by atoms with Crippen LogP contribution in [0.5, 0.6) is 5.75 Å². The molecule has 0 saturated carbocycles. The number of hydrogen-bond acceptors (Lipinski definition) is 3. The van der Waals surface area contributed by atoms with Crippen LogP contribution in [-0.2, 0) is 4.79 Å². The number of amides is 1. The van der Waals surface area contributed by atoms with Gasteiger partial charge in [0.25, 0.3) is 5.91 Å². The van der Waals surface area contributed by atoms with Crippen molar-refractivity contribution in [1.82, 2.24) is 4.90 Å². The summed E-state index contributed by atoms with van der Waals surface area (Å²) in [5.41, 5.74) is 0.252. The van der Waals surface area contributed by atoms with Crippen LogP contribution in [0.1, 0.15) is 29.6 Å². The lowest BCUT2D eigenvalue weighted by Gasteiger charge is -2.32. The number of benzene rings is 1. The molecule has 1 aromatic rings. The molecule has 0 spiro atoms. The second-order valence-electron chi connectivity index (χ2n) is 5.02. The van der Waals surface area contributed by atoms with Crippen molar-refractivity contribution in [2.45, 2.75) is 19.3 Å². The van der Waals surface area contributed by atoms with Crippen molar-refractivity contribution in [2.24, 2.45) is 5.92 Å². The van der Waals surface area contributed by atoms with Crippen LogP contribution < -0.4 is 0 Å². The van der Waals surface area contributed by atoms with Crippen LogP contribution in [-0.4, -0.2) is 40.1 Å². The molecule has 108 valence electrons. The summed E-state index contributed by atoms with van der Waals surface area (Å²) >= 11 is 5.98. The minimum absolute atomic E-state index is 0.0168. The van der Waals surface area contributed by atoms with E-state index >= 15 is 0 Å². The standard InChI is InChI=1S/C14H16ClNO4/c15-12-4-3-10(17)7-11(12)14(20)16-5-1-2-9(8-16)6-13(18)19/h3-4,7,9,17H,1-2,5-6,8H2,(H,18,19). The van der Waals surface area contributed by atoms with Gasteiger partial charge in [-0.3, -0.25) is 9.59 Å². The summed E-state index contributed by atoms with van der Waals surface area (Å²) < 4.78 is 0. The van der Waals surface area contributed by atoms with Gasteiger partial charge in [-0.05, 0) is 37.0 Å². The molecule has 1 aliphatic heterocycles. The third-order valence-corrected chi connectivity index (χ3v) is 3.78. The molecule has 0 aliphatic carbocycles. The maximum absolute atomic E-state index is 12.4. The van der Waals surface area contributed by atoms with Crippen molar-refractivity contribution < 1.29 is 19.8 Å². The van der Waals surface area contributed by atoms with Crippen LogP contribution in [0.4, 0.5) is 0 Å². The summed E-state index contributed by atoms with van der Waals surface area (Å²) in [6.45, 7) is 0.998. The van der Waals surface area contributed by atoms with Gasteiger partial charge in [-0.1, -0.05) is 11.6 Å². The molecule has 1 atom stereocenters. The Balaban J connectivity index is 2.12. The average Bonchev–Trinajstić information content (AvgIpc) is 2.40. The third kappa shape index (κ3) is 3.42. The van der Waals surface area contributed by atoms with Crippen molar-refractivity contribution in [2.75, 3.05) is 13.1 Å². The van der Waals surface area contributed by atoms with Gasteiger partial charge >= 0.3 is 5.97 Å². The first kappa shape index (κ1) is 14.7. The average molecular weight is 298 g/mol. The highest BCUT2D eigenvalue weighted by Gasteiger charge is 2.27. The van der Waals surface area contributed by atoms with E-state index in [2.05, 4.69) is 0 Å². The molecule has 5 nitrogen and oxygen atoms in total. The number of carboxylic acid groups (broad SMARTS) is 1. The molecule has 1 amide bonds. The number of aliphatic carboxylic acids is 1. The highest BCUT2D eigenvalue weighted by atomic mass is 35.5. The summed E-state index contributed by atoms with van der Waals surface area (Å²) in [4.78, 5) is 24.8. The van der Waals surface area contributed by atoms with Crippen LogP contribution >= 0.6 is 11.6 Å². The van der Waals surface area contributed by atoms with E-state index < -0.39 is 5.97 Å². The van der Waals surface area contributed by atoms with E-state index in [1.165, 1.54) is 18.2 Å². The second kappa shape index (κ2) is 6.13. The van der Waals surface area contributed by atoms with E-state index in [0.717, 1.165) is 12.8 Å². The monoisotopic (exact) mass is 297 g/mol. The van der Waals surface area contributed by atoms with Crippen molar-refractivity contribution in [3.8, 4) is 5.75 Å². The molecule has 1 heterocycles. The molecule has 20 heavy (non-hydrogen) atoms. The van der Waals surface area contributed by atoms with E-state index in [1.807, 2.05) is 0 Å².